The van der Waals surface area contributed by atoms with Crippen LogP contribution in [0.1, 0.15) is 41.9 Å². The molecule has 2 amide bonds. The van der Waals surface area contributed by atoms with E-state index in [-0.39, 0.29) is 17.7 Å². The van der Waals surface area contributed by atoms with Crippen molar-refractivity contribution in [2.24, 2.45) is 5.92 Å². The molecule has 3 rings (SSSR count). The van der Waals surface area contributed by atoms with E-state index >= 15 is 0 Å². The van der Waals surface area contributed by atoms with Gasteiger partial charge in [0, 0.05) is 45.4 Å². The second-order valence-electron chi connectivity index (χ2n) is 7.46. The molecule has 2 fully saturated rings. The molecule has 150 valence electrons. The number of likely N-dealkylation sites (tertiary alicyclic amines) is 2. The highest BCUT2D eigenvalue weighted by Crippen LogP contribution is 2.24. The normalized spacial score (nSPS) is 22.0. The Kier molecular flexibility index (Phi) is 6.84. The number of hydrogen-bond acceptors (Lipinski definition) is 6. The number of rotatable bonds is 6. The molecule has 8 nitrogen and oxygen atoms in total. The van der Waals surface area contributed by atoms with Crippen LogP contribution in [0.15, 0.2) is 10.6 Å². The number of aromatic nitrogens is 1. The van der Waals surface area contributed by atoms with Gasteiger partial charge in [-0.25, -0.2) is 0 Å². The van der Waals surface area contributed by atoms with Crippen LogP contribution < -0.4 is 5.32 Å². The highest BCUT2D eigenvalue weighted by Gasteiger charge is 2.33. The van der Waals surface area contributed by atoms with E-state index in [9.17, 15) is 9.59 Å². The maximum atomic E-state index is 12.5. The minimum Gasteiger partial charge on any atom is -0.383 e. The maximum absolute atomic E-state index is 12.5. The Morgan fingerprint density at radius 3 is 2.74 bits per heavy atom. The van der Waals surface area contributed by atoms with Gasteiger partial charge in [0.2, 0.25) is 5.91 Å². The summed E-state index contributed by atoms with van der Waals surface area (Å²) in [7, 11) is 1.63. The van der Waals surface area contributed by atoms with Gasteiger partial charge in [-0.05, 0) is 39.2 Å². The van der Waals surface area contributed by atoms with E-state index in [0.29, 0.717) is 30.6 Å². The molecule has 0 aromatic carbocycles. The first kappa shape index (κ1) is 19.8. The Balaban J connectivity index is 1.47. The fraction of sp³-hybridized carbons (Fsp3) is 0.737. The number of carbonyl (C=O) groups is 2. The monoisotopic (exact) mass is 378 g/mol. The van der Waals surface area contributed by atoms with E-state index in [4.69, 9.17) is 9.26 Å². The number of aryl methyl sites for hydroxylation is 1. The number of amides is 2. The van der Waals surface area contributed by atoms with Gasteiger partial charge in [0.15, 0.2) is 5.69 Å². The van der Waals surface area contributed by atoms with Crippen molar-refractivity contribution in [2.45, 2.75) is 38.6 Å². The standard InChI is InChI=1S/C19H30N4O4/c1-14-12-17(21-27-14)19(25)22-9-5-16(6-10-22)23-8-3-4-15(13-23)18(24)20-7-11-26-2/h12,15-16H,3-11,13H2,1-2H3,(H,20,24). The molecule has 1 N–H and O–H groups in total. The van der Waals surface area contributed by atoms with Crippen molar-refractivity contribution in [3.05, 3.63) is 17.5 Å². The lowest BCUT2D eigenvalue weighted by atomic mass is 9.93. The van der Waals surface area contributed by atoms with E-state index in [1.165, 1.54) is 0 Å². The third-order valence-electron chi connectivity index (χ3n) is 5.54. The summed E-state index contributed by atoms with van der Waals surface area (Å²) < 4.78 is 10.0. The van der Waals surface area contributed by atoms with Crippen LogP contribution in [0.3, 0.4) is 0 Å². The van der Waals surface area contributed by atoms with Crippen LogP contribution in [-0.4, -0.2) is 79.3 Å². The average molecular weight is 378 g/mol. The highest BCUT2D eigenvalue weighted by atomic mass is 16.5. The number of methoxy groups -OCH3 is 1. The highest BCUT2D eigenvalue weighted by molar-refractivity contribution is 5.92. The SMILES string of the molecule is COCCNC(=O)C1CCCN(C2CCN(C(=O)c3cc(C)on3)CC2)C1. The summed E-state index contributed by atoms with van der Waals surface area (Å²) in [4.78, 5) is 29.1. The minimum absolute atomic E-state index is 0.0494. The molecular weight excluding hydrogens is 348 g/mol. The third kappa shape index (κ3) is 5.07. The second-order valence-corrected chi connectivity index (χ2v) is 7.46. The maximum Gasteiger partial charge on any atom is 0.276 e. The van der Waals surface area contributed by atoms with Gasteiger partial charge in [0.05, 0.1) is 12.5 Å². The lowest BCUT2D eigenvalue weighted by Gasteiger charge is -2.41. The van der Waals surface area contributed by atoms with Crippen LogP contribution in [0.4, 0.5) is 0 Å². The zero-order valence-electron chi connectivity index (χ0n) is 16.3. The summed E-state index contributed by atoms with van der Waals surface area (Å²) >= 11 is 0. The molecule has 8 heteroatoms. The van der Waals surface area contributed by atoms with Gasteiger partial charge in [-0.1, -0.05) is 5.16 Å². The van der Waals surface area contributed by atoms with Crippen molar-refractivity contribution in [2.75, 3.05) is 46.4 Å². The topological polar surface area (TPSA) is 87.9 Å². The summed E-state index contributed by atoms with van der Waals surface area (Å²) in [5.41, 5.74) is 0.386. The quantitative estimate of drug-likeness (QED) is 0.745. The first-order chi connectivity index (χ1) is 13.1. The molecule has 1 unspecified atom stereocenters. The zero-order chi connectivity index (χ0) is 19.2. The van der Waals surface area contributed by atoms with E-state index < -0.39 is 0 Å². The van der Waals surface area contributed by atoms with Crippen LogP contribution in [-0.2, 0) is 9.53 Å². The van der Waals surface area contributed by atoms with Crippen molar-refractivity contribution >= 4 is 11.8 Å². The summed E-state index contributed by atoms with van der Waals surface area (Å²) in [6.45, 7) is 6.16. The van der Waals surface area contributed by atoms with Gasteiger partial charge in [-0.3, -0.25) is 14.5 Å². The molecule has 0 radical (unpaired) electrons. The number of nitrogens with one attached hydrogen (secondary N) is 1. The fourth-order valence-electron chi connectivity index (χ4n) is 4.04. The second kappa shape index (κ2) is 9.32. The van der Waals surface area contributed by atoms with Gasteiger partial charge in [-0.15, -0.1) is 0 Å². The van der Waals surface area contributed by atoms with Crippen molar-refractivity contribution in [1.82, 2.24) is 20.3 Å². The number of carbonyl (C=O) groups excluding carboxylic acids is 2. The molecular formula is C19H30N4O4. The van der Waals surface area contributed by atoms with Crippen LogP contribution in [0.25, 0.3) is 0 Å². The summed E-state index contributed by atoms with van der Waals surface area (Å²) in [5, 5.41) is 6.79. The summed E-state index contributed by atoms with van der Waals surface area (Å²) in [6.07, 6.45) is 3.85. The summed E-state index contributed by atoms with van der Waals surface area (Å²) in [5.74, 6) is 0.773. The molecule has 1 aromatic heterocycles. The Labute approximate surface area is 160 Å². The van der Waals surface area contributed by atoms with Crippen LogP contribution in [0.2, 0.25) is 0 Å². The molecule has 1 atom stereocenters. The number of ether oxygens (including phenoxy) is 1. The molecule has 2 saturated heterocycles. The largest absolute Gasteiger partial charge is 0.383 e. The van der Waals surface area contributed by atoms with Crippen molar-refractivity contribution in [3.8, 4) is 0 Å². The lowest BCUT2D eigenvalue weighted by Crippen LogP contribution is -2.51. The predicted octanol–water partition coefficient (Wildman–Crippen LogP) is 1.06. The Morgan fingerprint density at radius 1 is 1.30 bits per heavy atom. The van der Waals surface area contributed by atoms with Gasteiger partial charge >= 0.3 is 0 Å². The van der Waals surface area contributed by atoms with Gasteiger partial charge < -0.3 is 19.5 Å². The first-order valence-corrected chi connectivity index (χ1v) is 9.81. The first-order valence-electron chi connectivity index (χ1n) is 9.81. The predicted molar refractivity (Wildman–Crippen MR) is 99.3 cm³/mol. The Morgan fingerprint density at radius 2 is 2.07 bits per heavy atom. The van der Waals surface area contributed by atoms with Crippen molar-refractivity contribution < 1.29 is 18.8 Å². The molecule has 0 bridgehead atoms. The van der Waals surface area contributed by atoms with E-state index in [0.717, 1.165) is 51.9 Å². The van der Waals surface area contributed by atoms with Crippen molar-refractivity contribution in [1.29, 1.82) is 0 Å². The molecule has 1 aromatic rings. The molecule has 2 aliphatic heterocycles. The minimum atomic E-state index is -0.0562. The van der Waals surface area contributed by atoms with Crippen LogP contribution in [0.5, 0.6) is 0 Å². The summed E-state index contributed by atoms with van der Waals surface area (Å²) in [6, 6.07) is 2.12. The van der Waals surface area contributed by atoms with Crippen molar-refractivity contribution in [3.63, 3.8) is 0 Å². The number of piperidine rings is 2. The van der Waals surface area contributed by atoms with Crippen LogP contribution in [0, 0.1) is 12.8 Å². The molecule has 27 heavy (non-hydrogen) atoms. The van der Waals surface area contributed by atoms with Gasteiger partial charge in [-0.2, -0.15) is 0 Å². The Hall–Kier alpha value is -1.93. The van der Waals surface area contributed by atoms with Gasteiger partial charge in [0.25, 0.3) is 5.91 Å². The Bertz CT molecular complexity index is 639. The third-order valence-corrected chi connectivity index (χ3v) is 5.54. The molecule has 3 heterocycles. The number of nitrogens with zero attached hydrogens (tertiary/aromatic N) is 3. The van der Waals surface area contributed by atoms with E-state index in [1.54, 1.807) is 20.1 Å². The molecule has 2 aliphatic rings. The van der Waals surface area contributed by atoms with Gasteiger partial charge in [0.1, 0.15) is 5.76 Å². The zero-order valence-corrected chi connectivity index (χ0v) is 16.3. The van der Waals surface area contributed by atoms with E-state index in [1.807, 2.05) is 4.90 Å². The number of hydrogen-bond donors (Lipinski definition) is 1. The fourth-order valence-corrected chi connectivity index (χ4v) is 4.04. The van der Waals surface area contributed by atoms with E-state index in [2.05, 4.69) is 15.4 Å². The average Bonchev–Trinajstić information content (AvgIpc) is 3.14. The molecule has 0 spiro atoms. The smallest absolute Gasteiger partial charge is 0.276 e. The molecule has 0 saturated carbocycles. The lowest BCUT2D eigenvalue weighted by molar-refractivity contribution is -0.127. The molecule has 0 aliphatic carbocycles. The van der Waals surface area contributed by atoms with Crippen LogP contribution >= 0.6 is 0 Å².